The average Bonchev–Trinajstić information content (AvgIpc) is 3.37. The number of amides is 1. The van der Waals surface area contributed by atoms with Crippen molar-refractivity contribution in [1.82, 2.24) is 19.0 Å². The van der Waals surface area contributed by atoms with Gasteiger partial charge in [-0.3, -0.25) is 4.79 Å². The first kappa shape index (κ1) is 20.4. The number of halogens is 2. The van der Waals surface area contributed by atoms with Gasteiger partial charge in [-0.25, -0.2) is 13.1 Å². The van der Waals surface area contributed by atoms with E-state index in [-0.39, 0.29) is 23.2 Å². The fourth-order valence-corrected chi connectivity index (χ4v) is 6.30. The smallest absolute Gasteiger partial charge is 0.274 e. The number of carbonyl (C=O) groups is 1. The molecular weight excluding hydrogens is 455 g/mol. The molecule has 3 heterocycles. The minimum Gasteiger partial charge on any atom is -0.335 e. The molecule has 152 valence electrons. The number of aromatic nitrogens is 2. The third-order valence-corrected chi connectivity index (χ3v) is 8.38. The van der Waals surface area contributed by atoms with Gasteiger partial charge in [0.1, 0.15) is 4.21 Å². The number of carbonyl (C=O) groups excluding carboxylic acids is 1. The summed E-state index contributed by atoms with van der Waals surface area (Å²) in [7, 11) is -3.59. The first-order chi connectivity index (χ1) is 13.8. The van der Waals surface area contributed by atoms with Gasteiger partial charge in [0, 0.05) is 37.4 Å². The van der Waals surface area contributed by atoms with Crippen molar-refractivity contribution >= 4 is 50.5 Å². The molecule has 7 nitrogen and oxygen atoms in total. The second-order valence-electron chi connectivity index (χ2n) is 6.38. The Morgan fingerprint density at radius 1 is 1.03 bits per heavy atom. The fraction of sp³-hybridized carbons (Fsp3) is 0.222. The molecule has 4 rings (SSSR count). The van der Waals surface area contributed by atoms with Gasteiger partial charge in [0.05, 0.1) is 10.0 Å². The van der Waals surface area contributed by atoms with Crippen molar-refractivity contribution < 1.29 is 13.2 Å². The molecule has 0 bridgehead atoms. The van der Waals surface area contributed by atoms with Crippen LogP contribution in [-0.4, -0.2) is 59.5 Å². The van der Waals surface area contributed by atoms with Crippen molar-refractivity contribution in [3.8, 4) is 5.69 Å². The van der Waals surface area contributed by atoms with Gasteiger partial charge < -0.3 is 4.90 Å². The van der Waals surface area contributed by atoms with E-state index in [0.29, 0.717) is 28.1 Å². The summed E-state index contributed by atoms with van der Waals surface area (Å²) in [5.41, 5.74) is 1.05. The summed E-state index contributed by atoms with van der Waals surface area (Å²) in [6.45, 7) is 1.03. The Morgan fingerprint density at radius 2 is 1.79 bits per heavy atom. The summed E-state index contributed by atoms with van der Waals surface area (Å²) in [4.78, 5) is 14.4. The van der Waals surface area contributed by atoms with Crippen molar-refractivity contribution in [3.05, 3.63) is 63.7 Å². The van der Waals surface area contributed by atoms with Crippen molar-refractivity contribution in [2.75, 3.05) is 26.2 Å². The second kappa shape index (κ2) is 8.08. The van der Waals surface area contributed by atoms with Crippen LogP contribution in [0.4, 0.5) is 0 Å². The molecular formula is C18H16Cl2N4O3S2. The number of benzene rings is 1. The number of hydrogen-bond acceptors (Lipinski definition) is 5. The van der Waals surface area contributed by atoms with E-state index in [1.165, 1.54) is 10.4 Å². The number of hydrogen-bond donors (Lipinski definition) is 0. The molecule has 0 unspecified atom stereocenters. The van der Waals surface area contributed by atoms with E-state index in [1.54, 1.807) is 46.1 Å². The van der Waals surface area contributed by atoms with E-state index < -0.39 is 10.0 Å². The van der Waals surface area contributed by atoms with Crippen LogP contribution in [0.1, 0.15) is 10.5 Å². The van der Waals surface area contributed by atoms with Crippen molar-refractivity contribution in [2.24, 2.45) is 0 Å². The Hall–Kier alpha value is -1.91. The molecule has 0 radical (unpaired) electrons. The third-order valence-electron chi connectivity index (χ3n) is 4.55. The fourth-order valence-electron chi connectivity index (χ4n) is 3.06. The number of thiophene rings is 1. The highest BCUT2D eigenvalue weighted by Crippen LogP contribution is 2.28. The molecule has 1 saturated heterocycles. The van der Waals surface area contributed by atoms with Gasteiger partial charge in [-0.2, -0.15) is 9.40 Å². The lowest BCUT2D eigenvalue weighted by Gasteiger charge is -2.33. The van der Waals surface area contributed by atoms with Gasteiger partial charge in [-0.15, -0.1) is 11.3 Å². The Balaban J connectivity index is 1.43. The molecule has 1 fully saturated rings. The maximum absolute atomic E-state index is 12.8. The minimum absolute atomic E-state index is 0.211. The largest absolute Gasteiger partial charge is 0.335 e. The predicted molar refractivity (Wildman–Crippen MR) is 113 cm³/mol. The molecule has 1 amide bonds. The van der Waals surface area contributed by atoms with Gasteiger partial charge in [0.2, 0.25) is 0 Å². The minimum atomic E-state index is -3.59. The zero-order valence-corrected chi connectivity index (χ0v) is 18.2. The maximum Gasteiger partial charge on any atom is 0.274 e. The van der Waals surface area contributed by atoms with E-state index in [0.717, 1.165) is 17.0 Å². The van der Waals surface area contributed by atoms with Crippen LogP contribution < -0.4 is 0 Å². The van der Waals surface area contributed by atoms with E-state index in [1.807, 2.05) is 6.07 Å². The predicted octanol–water partition coefficient (Wildman–Crippen LogP) is 3.39. The van der Waals surface area contributed by atoms with E-state index in [2.05, 4.69) is 5.10 Å². The van der Waals surface area contributed by atoms with E-state index in [9.17, 15) is 13.2 Å². The van der Waals surface area contributed by atoms with Crippen LogP contribution in [-0.2, 0) is 10.0 Å². The highest BCUT2D eigenvalue weighted by molar-refractivity contribution is 7.91. The Bertz CT molecular complexity index is 1150. The molecule has 2 aromatic heterocycles. The second-order valence-corrected chi connectivity index (χ2v) is 10.7. The summed E-state index contributed by atoms with van der Waals surface area (Å²) >= 11 is 12.9. The molecule has 11 heteroatoms. The standard InChI is InChI=1S/C18H16Cl2N4O3S2/c19-13-2-1-3-14(12-13)24-7-6-15(21-24)18(25)22-8-10-23(11-9-22)29(26,27)17-5-4-16(20)28-17/h1-7,12H,8-11H2. The molecule has 1 aromatic carbocycles. The van der Waals surface area contributed by atoms with Gasteiger partial charge in [-0.05, 0) is 36.4 Å². The van der Waals surface area contributed by atoms with Crippen molar-refractivity contribution in [3.63, 3.8) is 0 Å². The quantitative estimate of drug-likeness (QED) is 0.585. The molecule has 0 N–H and O–H groups in total. The lowest BCUT2D eigenvalue weighted by atomic mass is 10.3. The highest BCUT2D eigenvalue weighted by Gasteiger charge is 2.32. The topological polar surface area (TPSA) is 75.5 Å². The highest BCUT2D eigenvalue weighted by atomic mass is 35.5. The van der Waals surface area contributed by atoms with Crippen LogP contribution in [0, 0.1) is 0 Å². The molecule has 0 spiro atoms. The SMILES string of the molecule is O=C(c1ccn(-c2cccc(Cl)c2)n1)N1CCN(S(=O)(=O)c2ccc(Cl)s2)CC1. The van der Waals surface area contributed by atoms with Gasteiger partial charge in [0.15, 0.2) is 5.69 Å². The number of sulfonamides is 1. The average molecular weight is 471 g/mol. The normalized spacial score (nSPS) is 15.6. The van der Waals surface area contributed by atoms with Crippen LogP contribution in [0.25, 0.3) is 5.69 Å². The molecule has 0 saturated carbocycles. The summed E-state index contributed by atoms with van der Waals surface area (Å²) < 4.78 is 29.0. The molecule has 3 aromatic rings. The third kappa shape index (κ3) is 4.19. The molecule has 0 atom stereocenters. The number of rotatable bonds is 4. The summed E-state index contributed by atoms with van der Waals surface area (Å²) in [6.07, 6.45) is 1.69. The monoisotopic (exact) mass is 470 g/mol. The Labute approximate surface area is 182 Å². The van der Waals surface area contributed by atoms with Crippen molar-refractivity contribution in [2.45, 2.75) is 4.21 Å². The van der Waals surface area contributed by atoms with Crippen LogP contribution in [0.2, 0.25) is 9.36 Å². The van der Waals surface area contributed by atoms with E-state index in [4.69, 9.17) is 23.2 Å². The first-order valence-electron chi connectivity index (χ1n) is 8.71. The van der Waals surface area contributed by atoms with Crippen molar-refractivity contribution in [1.29, 1.82) is 0 Å². The molecule has 1 aliphatic heterocycles. The van der Waals surface area contributed by atoms with Gasteiger partial charge in [-0.1, -0.05) is 29.3 Å². The first-order valence-corrected chi connectivity index (χ1v) is 11.7. The number of nitrogens with zero attached hydrogens (tertiary/aromatic N) is 4. The summed E-state index contributed by atoms with van der Waals surface area (Å²) in [5.74, 6) is -0.234. The zero-order valence-electron chi connectivity index (χ0n) is 15.0. The van der Waals surface area contributed by atoms with Crippen LogP contribution in [0.5, 0.6) is 0 Å². The van der Waals surface area contributed by atoms with Gasteiger partial charge >= 0.3 is 0 Å². The Kier molecular flexibility index (Phi) is 5.67. The van der Waals surface area contributed by atoms with Crippen LogP contribution in [0.15, 0.2) is 52.9 Å². The summed E-state index contributed by atoms with van der Waals surface area (Å²) in [6, 6.07) is 11.9. The lowest BCUT2D eigenvalue weighted by molar-refractivity contribution is 0.0691. The lowest BCUT2D eigenvalue weighted by Crippen LogP contribution is -2.50. The molecule has 1 aliphatic rings. The zero-order chi connectivity index (χ0) is 20.6. The maximum atomic E-state index is 12.8. The Morgan fingerprint density at radius 3 is 2.45 bits per heavy atom. The molecule has 0 aliphatic carbocycles. The van der Waals surface area contributed by atoms with Crippen LogP contribution >= 0.6 is 34.5 Å². The number of piperazine rings is 1. The van der Waals surface area contributed by atoms with Gasteiger partial charge in [0.25, 0.3) is 15.9 Å². The van der Waals surface area contributed by atoms with E-state index >= 15 is 0 Å². The van der Waals surface area contributed by atoms with Crippen LogP contribution in [0.3, 0.4) is 0 Å². The summed E-state index contributed by atoms with van der Waals surface area (Å²) in [5, 5.41) is 4.92. The molecule has 29 heavy (non-hydrogen) atoms.